The van der Waals surface area contributed by atoms with E-state index in [0.29, 0.717) is 27.5 Å². The third-order valence-electron chi connectivity index (χ3n) is 4.40. The van der Waals surface area contributed by atoms with Crippen molar-refractivity contribution in [3.8, 4) is 10.9 Å². The van der Waals surface area contributed by atoms with Crippen molar-refractivity contribution in [2.75, 3.05) is 13.6 Å². The third kappa shape index (κ3) is 5.69. The second-order valence-electron chi connectivity index (χ2n) is 6.71. The zero-order chi connectivity index (χ0) is 21.0. The molecule has 8 heteroatoms. The second-order valence-corrected chi connectivity index (χ2v) is 8.27. The fourth-order valence-corrected chi connectivity index (χ4v) is 3.58. The van der Waals surface area contributed by atoms with Gasteiger partial charge in [0.1, 0.15) is 5.75 Å². The highest BCUT2D eigenvalue weighted by Gasteiger charge is 2.12. The highest BCUT2D eigenvalue weighted by Crippen LogP contribution is 2.32. The second kappa shape index (κ2) is 9.57. The van der Waals surface area contributed by atoms with Gasteiger partial charge in [0.05, 0.1) is 12.0 Å². The summed E-state index contributed by atoms with van der Waals surface area (Å²) in [6.45, 7) is 6.99. The van der Waals surface area contributed by atoms with Crippen molar-refractivity contribution in [1.82, 2.24) is 14.3 Å². The van der Waals surface area contributed by atoms with Crippen molar-refractivity contribution < 1.29 is 4.74 Å². The van der Waals surface area contributed by atoms with Crippen molar-refractivity contribution in [3.63, 3.8) is 0 Å². The summed E-state index contributed by atoms with van der Waals surface area (Å²) in [6.07, 6.45) is 2.35. The van der Waals surface area contributed by atoms with Crippen LogP contribution in [0.25, 0.3) is 0 Å². The molecule has 0 spiro atoms. The fraction of sp³-hybridized carbons (Fsp3) is 0.286. The molecule has 29 heavy (non-hydrogen) atoms. The summed E-state index contributed by atoms with van der Waals surface area (Å²) in [5.74, 6) is 1.41. The van der Waals surface area contributed by atoms with E-state index >= 15 is 0 Å². The van der Waals surface area contributed by atoms with E-state index in [1.54, 1.807) is 12.1 Å². The van der Waals surface area contributed by atoms with Crippen LogP contribution < -0.4 is 4.74 Å². The standard InChI is InChI=1S/C21H22Cl2N4OS/c1-5-27(4)12-24-18-8-14(3)19(9-13(18)2)28-21-25-20(26-29-21)10-15-6-7-16(22)11-17(15)23/h6-9,11-12H,5,10H2,1-4H3. The molecule has 0 atom stereocenters. The van der Waals surface area contributed by atoms with Crippen molar-refractivity contribution in [1.29, 1.82) is 0 Å². The van der Waals surface area contributed by atoms with E-state index in [9.17, 15) is 0 Å². The number of nitrogens with zero attached hydrogens (tertiary/aromatic N) is 4. The Labute approximate surface area is 185 Å². The van der Waals surface area contributed by atoms with Crippen LogP contribution in [0.5, 0.6) is 10.9 Å². The fourth-order valence-electron chi connectivity index (χ4n) is 2.55. The van der Waals surface area contributed by atoms with Crippen LogP contribution in [0.2, 0.25) is 10.0 Å². The van der Waals surface area contributed by atoms with Crippen LogP contribution in [0.4, 0.5) is 5.69 Å². The molecule has 0 saturated carbocycles. The maximum Gasteiger partial charge on any atom is 0.298 e. The molecule has 0 amide bonds. The van der Waals surface area contributed by atoms with Crippen molar-refractivity contribution in [2.45, 2.75) is 27.2 Å². The Morgan fingerprint density at radius 1 is 1.17 bits per heavy atom. The summed E-state index contributed by atoms with van der Waals surface area (Å²) in [5.41, 5.74) is 3.86. The lowest BCUT2D eigenvalue weighted by Crippen LogP contribution is -2.14. The minimum Gasteiger partial charge on any atom is -0.430 e. The van der Waals surface area contributed by atoms with Gasteiger partial charge in [-0.05, 0) is 61.7 Å². The molecule has 152 valence electrons. The van der Waals surface area contributed by atoms with Gasteiger partial charge in [0.25, 0.3) is 5.19 Å². The minimum atomic E-state index is 0.495. The first-order valence-electron chi connectivity index (χ1n) is 9.15. The van der Waals surface area contributed by atoms with Crippen LogP contribution >= 0.6 is 34.7 Å². The van der Waals surface area contributed by atoms with Crippen LogP contribution in [0.1, 0.15) is 29.4 Å². The molecule has 0 aliphatic heterocycles. The van der Waals surface area contributed by atoms with E-state index in [2.05, 4.69) is 21.3 Å². The first-order valence-corrected chi connectivity index (χ1v) is 10.7. The number of rotatable bonds is 7. The molecule has 5 nitrogen and oxygen atoms in total. The van der Waals surface area contributed by atoms with Gasteiger partial charge in [0.15, 0.2) is 5.82 Å². The molecule has 0 unspecified atom stereocenters. The minimum absolute atomic E-state index is 0.495. The van der Waals surface area contributed by atoms with Gasteiger partial charge in [0.2, 0.25) is 0 Å². The molecule has 0 bridgehead atoms. The average Bonchev–Trinajstić information content (AvgIpc) is 3.12. The number of hydrogen-bond donors (Lipinski definition) is 0. The Morgan fingerprint density at radius 3 is 2.69 bits per heavy atom. The van der Waals surface area contributed by atoms with Gasteiger partial charge in [-0.3, -0.25) is 0 Å². The summed E-state index contributed by atoms with van der Waals surface area (Å²) >= 11 is 13.4. The Kier molecular flexibility index (Phi) is 7.11. The van der Waals surface area contributed by atoms with Crippen LogP contribution in [0, 0.1) is 13.8 Å². The van der Waals surface area contributed by atoms with Gasteiger partial charge < -0.3 is 9.64 Å². The third-order valence-corrected chi connectivity index (χ3v) is 5.62. The quantitative estimate of drug-likeness (QED) is 0.307. The highest BCUT2D eigenvalue weighted by atomic mass is 35.5. The maximum absolute atomic E-state index is 6.24. The average molecular weight is 449 g/mol. The number of benzene rings is 2. The summed E-state index contributed by atoms with van der Waals surface area (Å²) in [7, 11) is 1.99. The summed E-state index contributed by atoms with van der Waals surface area (Å²) in [4.78, 5) is 11.1. The van der Waals surface area contributed by atoms with Gasteiger partial charge in [-0.1, -0.05) is 29.3 Å². The monoisotopic (exact) mass is 448 g/mol. The first-order chi connectivity index (χ1) is 13.9. The molecule has 3 aromatic rings. The molecular formula is C21H22Cl2N4OS. The molecular weight excluding hydrogens is 427 g/mol. The zero-order valence-corrected chi connectivity index (χ0v) is 19.1. The van der Waals surface area contributed by atoms with Crippen LogP contribution in [0.3, 0.4) is 0 Å². The topological polar surface area (TPSA) is 50.6 Å². The molecule has 0 fully saturated rings. The van der Waals surface area contributed by atoms with Gasteiger partial charge in [-0.15, -0.1) is 0 Å². The first kappa shape index (κ1) is 21.6. The van der Waals surface area contributed by atoms with E-state index < -0.39 is 0 Å². The maximum atomic E-state index is 6.24. The molecule has 0 aliphatic rings. The van der Waals surface area contributed by atoms with Crippen LogP contribution in [-0.2, 0) is 6.42 Å². The molecule has 0 saturated heterocycles. The Morgan fingerprint density at radius 2 is 1.97 bits per heavy atom. The van der Waals surface area contributed by atoms with Crippen molar-refractivity contribution >= 4 is 46.8 Å². The summed E-state index contributed by atoms with van der Waals surface area (Å²) in [6, 6.07) is 9.40. The van der Waals surface area contributed by atoms with E-state index in [1.807, 2.05) is 50.3 Å². The van der Waals surface area contributed by atoms with Crippen LogP contribution in [-0.4, -0.2) is 34.2 Å². The van der Waals surface area contributed by atoms with Gasteiger partial charge in [0, 0.05) is 41.6 Å². The van der Waals surface area contributed by atoms with Crippen LogP contribution in [0.15, 0.2) is 35.3 Å². The van der Waals surface area contributed by atoms with Crippen molar-refractivity contribution in [2.24, 2.45) is 4.99 Å². The number of halogens is 2. The van der Waals surface area contributed by atoms with Gasteiger partial charge in [-0.2, -0.15) is 9.36 Å². The van der Waals surface area contributed by atoms with Gasteiger partial charge in [-0.25, -0.2) is 4.99 Å². The highest BCUT2D eigenvalue weighted by molar-refractivity contribution is 7.07. The predicted octanol–water partition coefficient (Wildman–Crippen LogP) is 6.46. The number of aliphatic imine (C=N–C) groups is 1. The Bertz CT molecular complexity index is 1040. The largest absolute Gasteiger partial charge is 0.430 e. The van der Waals surface area contributed by atoms with Crippen molar-refractivity contribution in [3.05, 3.63) is 62.9 Å². The van der Waals surface area contributed by atoms with Gasteiger partial charge >= 0.3 is 0 Å². The normalized spacial score (nSPS) is 11.2. The number of hydrogen-bond acceptors (Lipinski definition) is 5. The Hall–Kier alpha value is -2.15. The lowest BCUT2D eigenvalue weighted by Gasteiger charge is -2.11. The Balaban J connectivity index is 1.74. The zero-order valence-electron chi connectivity index (χ0n) is 16.7. The summed E-state index contributed by atoms with van der Waals surface area (Å²) in [5, 5.41) is 1.70. The molecule has 0 aliphatic carbocycles. The lowest BCUT2D eigenvalue weighted by atomic mass is 10.1. The van der Waals surface area contributed by atoms with E-state index in [-0.39, 0.29) is 0 Å². The number of ether oxygens (including phenoxy) is 1. The SMILES string of the molecule is CCN(C)C=Nc1cc(C)c(Oc2nc(Cc3ccc(Cl)cc3Cl)ns2)cc1C. The summed E-state index contributed by atoms with van der Waals surface area (Å²) < 4.78 is 10.4. The van der Waals surface area contributed by atoms with E-state index in [0.717, 1.165) is 34.7 Å². The molecule has 1 heterocycles. The smallest absolute Gasteiger partial charge is 0.298 e. The van der Waals surface area contributed by atoms with E-state index in [4.69, 9.17) is 27.9 Å². The number of aromatic nitrogens is 2. The molecule has 0 radical (unpaired) electrons. The molecule has 1 aromatic heterocycles. The number of aryl methyl sites for hydroxylation is 2. The molecule has 0 N–H and O–H groups in total. The predicted molar refractivity (Wildman–Crippen MR) is 122 cm³/mol. The van der Waals surface area contributed by atoms with E-state index in [1.165, 1.54) is 11.5 Å². The molecule has 3 rings (SSSR count). The lowest BCUT2D eigenvalue weighted by molar-refractivity contribution is 0.473. The molecule has 2 aromatic carbocycles.